The molecule has 0 bridgehead atoms. The lowest BCUT2D eigenvalue weighted by Crippen LogP contribution is -2.39. The number of nitrogens with zero attached hydrogens (tertiary/aromatic N) is 1. The summed E-state index contributed by atoms with van der Waals surface area (Å²) in [7, 11) is 1.59. The maximum atomic E-state index is 10.1. The molecule has 4 nitrogen and oxygen atoms in total. The van der Waals surface area contributed by atoms with Crippen LogP contribution in [0.5, 0.6) is 0 Å². The van der Waals surface area contributed by atoms with Crippen LogP contribution in [0.4, 0.5) is 0 Å². The van der Waals surface area contributed by atoms with Gasteiger partial charge in [-0.3, -0.25) is 0 Å². The molecule has 2 unspecified atom stereocenters. The van der Waals surface area contributed by atoms with Crippen molar-refractivity contribution in [2.75, 3.05) is 13.7 Å². The second-order valence-corrected chi connectivity index (χ2v) is 4.29. The highest BCUT2D eigenvalue weighted by Gasteiger charge is 2.32. The van der Waals surface area contributed by atoms with Crippen LogP contribution in [-0.4, -0.2) is 35.8 Å². The zero-order chi connectivity index (χ0) is 11.3. The van der Waals surface area contributed by atoms with Gasteiger partial charge < -0.3 is 15.1 Å². The Balaban J connectivity index is 2.56. The average Bonchev–Trinajstić information content (AvgIpc) is 2.19. The van der Waals surface area contributed by atoms with E-state index in [4.69, 9.17) is 9.94 Å². The van der Waals surface area contributed by atoms with Gasteiger partial charge in [0.1, 0.15) is 0 Å². The first kappa shape index (κ1) is 12.2. The summed E-state index contributed by atoms with van der Waals surface area (Å²) in [5.41, 5.74) is 0.259. The lowest BCUT2D eigenvalue weighted by Gasteiger charge is -2.34. The van der Waals surface area contributed by atoms with Crippen molar-refractivity contribution in [3.05, 3.63) is 11.6 Å². The van der Waals surface area contributed by atoms with Crippen molar-refractivity contribution in [1.82, 2.24) is 0 Å². The summed E-state index contributed by atoms with van der Waals surface area (Å²) in [4.78, 5) is 0. The molecule has 1 aliphatic carbocycles. The first-order valence-electron chi connectivity index (χ1n) is 5.18. The fourth-order valence-corrected chi connectivity index (χ4v) is 2.02. The van der Waals surface area contributed by atoms with Crippen molar-refractivity contribution in [1.29, 1.82) is 0 Å². The minimum absolute atomic E-state index is 0.216. The van der Waals surface area contributed by atoms with Crippen LogP contribution in [0.25, 0.3) is 0 Å². The number of hydrogen-bond acceptors (Lipinski definition) is 4. The Morgan fingerprint density at radius 1 is 1.73 bits per heavy atom. The average molecular weight is 213 g/mol. The van der Waals surface area contributed by atoms with E-state index in [-0.39, 0.29) is 5.92 Å². The Kier molecular flexibility index (Phi) is 4.29. The van der Waals surface area contributed by atoms with E-state index in [2.05, 4.69) is 5.16 Å². The minimum atomic E-state index is -0.771. The van der Waals surface area contributed by atoms with Crippen molar-refractivity contribution < 1.29 is 15.1 Å². The standard InChI is InChI=1S/C11H19NO3/c1-11(13,8-15-2)10-5-3-9(4-6-10)7-12-14/h3,7,10,13-14H,4-6,8H2,1-2H3/b12-7+. The molecule has 0 aliphatic heterocycles. The van der Waals surface area contributed by atoms with Crippen LogP contribution in [0.15, 0.2) is 16.8 Å². The van der Waals surface area contributed by atoms with E-state index in [0.29, 0.717) is 6.61 Å². The van der Waals surface area contributed by atoms with Crippen LogP contribution in [0.1, 0.15) is 26.2 Å². The fourth-order valence-electron chi connectivity index (χ4n) is 2.02. The fraction of sp³-hybridized carbons (Fsp3) is 0.727. The second kappa shape index (κ2) is 5.28. The molecule has 0 aromatic heterocycles. The lowest BCUT2D eigenvalue weighted by molar-refractivity contribution is -0.0624. The highest BCUT2D eigenvalue weighted by molar-refractivity contribution is 5.78. The molecule has 0 spiro atoms. The molecule has 86 valence electrons. The van der Waals surface area contributed by atoms with Crippen molar-refractivity contribution >= 4 is 6.21 Å². The summed E-state index contributed by atoms with van der Waals surface area (Å²) in [5, 5.41) is 21.5. The molecule has 1 rings (SSSR count). The highest BCUT2D eigenvalue weighted by Crippen LogP contribution is 2.31. The zero-order valence-electron chi connectivity index (χ0n) is 9.31. The molecule has 0 radical (unpaired) electrons. The van der Waals surface area contributed by atoms with E-state index in [9.17, 15) is 5.11 Å². The van der Waals surface area contributed by atoms with Crippen molar-refractivity contribution in [3.8, 4) is 0 Å². The second-order valence-electron chi connectivity index (χ2n) is 4.29. The molecule has 2 N–H and O–H groups in total. The molecule has 2 atom stereocenters. The van der Waals surface area contributed by atoms with Gasteiger partial charge in [-0.25, -0.2) is 0 Å². The third kappa shape index (κ3) is 3.32. The normalized spacial score (nSPS) is 26.3. The van der Waals surface area contributed by atoms with Gasteiger partial charge in [0.05, 0.1) is 18.4 Å². The maximum Gasteiger partial charge on any atom is 0.0883 e. The van der Waals surface area contributed by atoms with Crippen molar-refractivity contribution in [2.45, 2.75) is 31.8 Å². The van der Waals surface area contributed by atoms with Gasteiger partial charge in [0.2, 0.25) is 0 Å². The number of aliphatic hydroxyl groups is 1. The van der Waals surface area contributed by atoms with Crippen LogP contribution in [0.2, 0.25) is 0 Å². The smallest absolute Gasteiger partial charge is 0.0883 e. The van der Waals surface area contributed by atoms with E-state index < -0.39 is 5.60 Å². The van der Waals surface area contributed by atoms with E-state index in [1.807, 2.05) is 6.08 Å². The van der Waals surface area contributed by atoms with E-state index in [0.717, 1.165) is 24.8 Å². The molecule has 0 saturated heterocycles. The van der Waals surface area contributed by atoms with Gasteiger partial charge in [-0.2, -0.15) is 0 Å². The van der Waals surface area contributed by atoms with Gasteiger partial charge in [0.25, 0.3) is 0 Å². The zero-order valence-corrected chi connectivity index (χ0v) is 9.31. The minimum Gasteiger partial charge on any atom is -0.411 e. The summed E-state index contributed by atoms with van der Waals surface area (Å²) in [5.74, 6) is 0.216. The van der Waals surface area contributed by atoms with Gasteiger partial charge in [0.15, 0.2) is 0 Å². The van der Waals surface area contributed by atoms with Gasteiger partial charge in [-0.1, -0.05) is 11.2 Å². The number of methoxy groups -OCH3 is 1. The van der Waals surface area contributed by atoms with Gasteiger partial charge in [0, 0.05) is 7.11 Å². The van der Waals surface area contributed by atoms with E-state index in [1.54, 1.807) is 14.0 Å². The number of rotatable bonds is 4. The Hall–Kier alpha value is -0.870. The Morgan fingerprint density at radius 2 is 2.47 bits per heavy atom. The molecule has 0 saturated carbocycles. The summed E-state index contributed by atoms with van der Waals surface area (Å²) in [6, 6.07) is 0. The predicted octanol–water partition coefficient (Wildman–Crippen LogP) is 1.57. The third-order valence-corrected chi connectivity index (χ3v) is 2.99. The monoisotopic (exact) mass is 213 g/mol. The molecule has 1 aliphatic rings. The number of oxime groups is 1. The molecule has 0 heterocycles. The summed E-state index contributed by atoms with van der Waals surface area (Å²) in [6.07, 6.45) is 6.01. The number of ether oxygens (including phenoxy) is 1. The lowest BCUT2D eigenvalue weighted by atomic mass is 9.79. The molecular formula is C11H19NO3. The molecule has 0 aromatic rings. The van der Waals surface area contributed by atoms with Crippen LogP contribution in [0.3, 0.4) is 0 Å². The highest BCUT2D eigenvalue weighted by atomic mass is 16.5. The SMILES string of the molecule is COCC(C)(O)C1CC=C(/C=N/O)CC1. The first-order valence-corrected chi connectivity index (χ1v) is 5.18. The number of allylic oxidation sites excluding steroid dienone is 2. The summed E-state index contributed by atoms with van der Waals surface area (Å²) >= 11 is 0. The largest absolute Gasteiger partial charge is 0.411 e. The first-order chi connectivity index (χ1) is 7.10. The molecule has 0 aromatic carbocycles. The van der Waals surface area contributed by atoms with Crippen molar-refractivity contribution in [3.63, 3.8) is 0 Å². The topological polar surface area (TPSA) is 62.0 Å². The predicted molar refractivity (Wildman–Crippen MR) is 58.2 cm³/mol. The molecule has 15 heavy (non-hydrogen) atoms. The van der Waals surface area contributed by atoms with Crippen LogP contribution < -0.4 is 0 Å². The number of hydrogen-bond donors (Lipinski definition) is 2. The van der Waals surface area contributed by atoms with E-state index in [1.165, 1.54) is 6.21 Å². The summed E-state index contributed by atoms with van der Waals surface area (Å²) < 4.78 is 5.00. The molecule has 4 heteroatoms. The molecule has 0 fully saturated rings. The van der Waals surface area contributed by atoms with Crippen LogP contribution in [-0.2, 0) is 4.74 Å². The van der Waals surface area contributed by atoms with Gasteiger partial charge in [-0.15, -0.1) is 0 Å². The van der Waals surface area contributed by atoms with Gasteiger partial charge in [-0.05, 0) is 37.7 Å². The molecule has 0 amide bonds. The molecular weight excluding hydrogens is 194 g/mol. The Bertz CT molecular complexity index is 259. The van der Waals surface area contributed by atoms with E-state index >= 15 is 0 Å². The van der Waals surface area contributed by atoms with Crippen molar-refractivity contribution in [2.24, 2.45) is 11.1 Å². The van der Waals surface area contributed by atoms with Crippen LogP contribution in [0, 0.1) is 5.92 Å². The van der Waals surface area contributed by atoms with Gasteiger partial charge >= 0.3 is 0 Å². The third-order valence-electron chi connectivity index (χ3n) is 2.99. The Labute approximate surface area is 90.2 Å². The quantitative estimate of drug-likeness (QED) is 0.423. The maximum absolute atomic E-state index is 10.1. The Morgan fingerprint density at radius 3 is 2.93 bits per heavy atom. The van der Waals surface area contributed by atoms with Crippen LogP contribution >= 0.6 is 0 Å². The summed E-state index contributed by atoms with van der Waals surface area (Å²) in [6.45, 7) is 2.16.